The molecule has 0 aliphatic carbocycles. The molecule has 9 nitrogen and oxygen atoms in total. The van der Waals surface area contributed by atoms with Crippen LogP contribution in [-0.4, -0.2) is 96.0 Å². The molecule has 0 saturated carbocycles. The molecule has 0 bridgehead atoms. The summed E-state index contributed by atoms with van der Waals surface area (Å²) in [6.45, 7) is 20.8. The van der Waals surface area contributed by atoms with Crippen molar-refractivity contribution in [1.29, 1.82) is 0 Å². The van der Waals surface area contributed by atoms with Crippen LogP contribution in [0, 0.1) is 5.92 Å². The summed E-state index contributed by atoms with van der Waals surface area (Å²) in [5, 5.41) is 3.02. The van der Waals surface area contributed by atoms with E-state index < -0.39 is 0 Å². The van der Waals surface area contributed by atoms with E-state index in [1.807, 2.05) is 48.6 Å². The van der Waals surface area contributed by atoms with Crippen LogP contribution in [0.2, 0.25) is 0 Å². The van der Waals surface area contributed by atoms with E-state index >= 15 is 0 Å². The van der Waals surface area contributed by atoms with E-state index in [1.165, 1.54) is 11.3 Å². The number of amides is 2. The summed E-state index contributed by atoms with van der Waals surface area (Å²) >= 11 is 0. The Morgan fingerprint density at radius 3 is 1.57 bits per heavy atom. The first-order valence-electron chi connectivity index (χ1n) is 13.3. The molecule has 9 heteroatoms. The summed E-state index contributed by atoms with van der Waals surface area (Å²) in [4.78, 5) is 34.5. The summed E-state index contributed by atoms with van der Waals surface area (Å²) in [5.74, 6) is -0.456. The molecule has 0 radical (unpaired) electrons. The molecule has 1 saturated heterocycles. The summed E-state index contributed by atoms with van der Waals surface area (Å²) in [7, 11) is 1.96. The number of aldehydes is 1. The SMILES string of the molecule is CC.CC.CC.CC1CC(=O)N(CCOCCOCCOCCOCCC=O)C1=O.CCCNC. The zero-order valence-corrected chi connectivity index (χ0v) is 24.2. The van der Waals surface area contributed by atoms with Gasteiger partial charge in [-0.1, -0.05) is 55.4 Å². The quantitative estimate of drug-likeness (QED) is 0.180. The van der Waals surface area contributed by atoms with E-state index in [4.69, 9.17) is 18.9 Å². The van der Waals surface area contributed by atoms with Crippen molar-refractivity contribution in [1.82, 2.24) is 10.2 Å². The van der Waals surface area contributed by atoms with E-state index in [-0.39, 0.29) is 17.7 Å². The highest BCUT2D eigenvalue weighted by atomic mass is 16.6. The second-order valence-electron chi connectivity index (χ2n) is 6.50. The molecule has 2 amide bonds. The molecule has 212 valence electrons. The van der Waals surface area contributed by atoms with Gasteiger partial charge in [0.25, 0.3) is 0 Å². The van der Waals surface area contributed by atoms with Gasteiger partial charge in [0.05, 0.1) is 59.4 Å². The van der Waals surface area contributed by atoms with Crippen molar-refractivity contribution in [3.8, 4) is 0 Å². The largest absolute Gasteiger partial charge is 0.379 e. The molecule has 0 aromatic heterocycles. The van der Waals surface area contributed by atoms with Gasteiger partial charge in [0.1, 0.15) is 6.29 Å². The lowest BCUT2D eigenvalue weighted by molar-refractivity contribution is -0.140. The molecule has 1 aliphatic rings. The number of nitrogens with zero attached hydrogens (tertiary/aromatic N) is 1. The van der Waals surface area contributed by atoms with Crippen molar-refractivity contribution in [3.05, 3.63) is 0 Å². The van der Waals surface area contributed by atoms with Crippen molar-refractivity contribution >= 4 is 18.1 Å². The minimum absolute atomic E-state index is 0.118. The molecule has 1 fully saturated rings. The summed E-state index contributed by atoms with van der Waals surface area (Å²) in [5.41, 5.74) is 0. The lowest BCUT2D eigenvalue weighted by atomic mass is 10.1. The van der Waals surface area contributed by atoms with Gasteiger partial charge in [-0.3, -0.25) is 14.5 Å². The Hall–Kier alpha value is -1.39. The molecule has 1 heterocycles. The van der Waals surface area contributed by atoms with Crippen LogP contribution in [-0.2, 0) is 33.3 Å². The molecule has 0 spiro atoms. The molecule has 0 aromatic carbocycles. The minimum atomic E-state index is -0.212. The summed E-state index contributed by atoms with van der Waals surface area (Å²) in [6, 6.07) is 0. The van der Waals surface area contributed by atoms with Gasteiger partial charge >= 0.3 is 0 Å². The zero-order valence-electron chi connectivity index (χ0n) is 24.2. The van der Waals surface area contributed by atoms with Crippen molar-refractivity contribution in [2.45, 2.75) is 74.7 Å². The number of hydrogen-bond acceptors (Lipinski definition) is 8. The van der Waals surface area contributed by atoms with Crippen molar-refractivity contribution in [2.75, 3.05) is 73.0 Å². The first kappa shape index (κ1) is 40.8. The number of ether oxygens (including phenoxy) is 4. The van der Waals surface area contributed by atoms with Gasteiger partial charge in [0.15, 0.2) is 0 Å². The smallest absolute Gasteiger partial charge is 0.232 e. The number of likely N-dealkylation sites (tertiary alicyclic amines) is 1. The maximum Gasteiger partial charge on any atom is 0.232 e. The van der Waals surface area contributed by atoms with Crippen LogP contribution in [0.15, 0.2) is 0 Å². The van der Waals surface area contributed by atoms with Crippen LogP contribution in [0.1, 0.15) is 74.7 Å². The molecule has 0 aromatic rings. The molecule has 35 heavy (non-hydrogen) atoms. The van der Waals surface area contributed by atoms with Crippen LogP contribution in [0.3, 0.4) is 0 Å². The van der Waals surface area contributed by atoms with Gasteiger partial charge in [-0.05, 0) is 20.0 Å². The molecule has 1 atom stereocenters. The van der Waals surface area contributed by atoms with E-state index in [2.05, 4.69) is 12.2 Å². The van der Waals surface area contributed by atoms with Gasteiger partial charge in [0.2, 0.25) is 11.8 Å². The van der Waals surface area contributed by atoms with Gasteiger partial charge < -0.3 is 29.1 Å². The molecule has 1 N–H and O–H groups in total. The number of imide groups is 1. The Labute approximate surface area is 215 Å². The predicted octanol–water partition coefficient (Wildman–Crippen LogP) is 3.73. The lowest BCUT2D eigenvalue weighted by Crippen LogP contribution is -2.33. The molecular weight excluding hydrogens is 452 g/mol. The fourth-order valence-electron chi connectivity index (χ4n) is 2.38. The van der Waals surface area contributed by atoms with Crippen LogP contribution in [0.4, 0.5) is 0 Å². The third-order valence-corrected chi connectivity index (χ3v) is 3.92. The normalized spacial score (nSPS) is 13.9. The zero-order chi connectivity index (χ0) is 27.7. The highest BCUT2D eigenvalue weighted by Crippen LogP contribution is 2.17. The second-order valence-corrected chi connectivity index (χ2v) is 6.50. The van der Waals surface area contributed by atoms with E-state index in [0.717, 1.165) is 12.8 Å². The summed E-state index contributed by atoms with van der Waals surface area (Å²) < 4.78 is 21.1. The number of carbonyl (C=O) groups excluding carboxylic acids is 3. The van der Waals surface area contributed by atoms with Crippen molar-refractivity contribution in [3.63, 3.8) is 0 Å². The van der Waals surface area contributed by atoms with Gasteiger partial charge in [-0.2, -0.15) is 0 Å². The molecule has 1 unspecified atom stereocenters. The maximum atomic E-state index is 11.7. The first-order chi connectivity index (χ1) is 17.1. The Bertz CT molecular complexity index is 436. The topological polar surface area (TPSA) is 103 Å². The van der Waals surface area contributed by atoms with E-state index in [1.54, 1.807) is 6.92 Å². The first-order valence-corrected chi connectivity index (χ1v) is 13.3. The Kier molecular flexibility index (Phi) is 43.3. The van der Waals surface area contributed by atoms with Crippen LogP contribution in [0.5, 0.6) is 0 Å². The maximum absolute atomic E-state index is 11.7. The fourth-order valence-corrected chi connectivity index (χ4v) is 2.38. The number of carbonyl (C=O) groups is 3. The summed E-state index contributed by atoms with van der Waals surface area (Å²) in [6.07, 6.45) is 2.75. The van der Waals surface area contributed by atoms with E-state index in [9.17, 15) is 14.4 Å². The molecular formula is C26H56N2O7. The van der Waals surface area contributed by atoms with Crippen molar-refractivity contribution in [2.24, 2.45) is 5.92 Å². The number of hydrogen-bond donors (Lipinski definition) is 1. The number of rotatable bonds is 17. The lowest BCUT2D eigenvalue weighted by Gasteiger charge is -2.14. The monoisotopic (exact) mass is 508 g/mol. The highest BCUT2D eigenvalue weighted by Gasteiger charge is 2.34. The Morgan fingerprint density at radius 1 is 0.829 bits per heavy atom. The average Bonchev–Trinajstić information content (AvgIpc) is 3.14. The number of nitrogens with one attached hydrogen (secondary N) is 1. The molecule has 1 aliphatic heterocycles. The van der Waals surface area contributed by atoms with Crippen LogP contribution >= 0.6 is 0 Å². The van der Waals surface area contributed by atoms with Gasteiger partial charge in [-0.25, -0.2) is 0 Å². The third-order valence-electron chi connectivity index (χ3n) is 3.92. The van der Waals surface area contributed by atoms with Crippen LogP contribution < -0.4 is 5.32 Å². The predicted molar refractivity (Wildman–Crippen MR) is 143 cm³/mol. The standard InChI is InChI=1S/C16H27NO7.C4H11N.3C2H6/c1-14-13-15(19)17(16(14)20)3-6-22-8-10-24-12-11-23-9-7-21-5-2-4-18;1-3-4-5-2;3*1-2/h4,14H,2-3,5-13H2,1H3;5H,3-4H2,1-2H3;3*1-2H3. The Balaban J connectivity index is -0.000000373. The van der Waals surface area contributed by atoms with E-state index in [0.29, 0.717) is 72.2 Å². The second kappa shape index (κ2) is 37.2. The van der Waals surface area contributed by atoms with Crippen molar-refractivity contribution < 1.29 is 33.3 Å². The minimum Gasteiger partial charge on any atom is -0.379 e. The third kappa shape index (κ3) is 28.7. The average molecular weight is 509 g/mol. The van der Waals surface area contributed by atoms with Gasteiger partial charge in [0, 0.05) is 18.8 Å². The van der Waals surface area contributed by atoms with Gasteiger partial charge in [-0.15, -0.1) is 0 Å². The Morgan fingerprint density at radius 2 is 1.26 bits per heavy atom. The fraction of sp³-hybridized carbons (Fsp3) is 0.885. The van der Waals surface area contributed by atoms with Crippen LogP contribution in [0.25, 0.3) is 0 Å². The molecule has 1 rings (SSSR count). The highest BCUT2D eigenvalue weighted by molar-refractivity contribution is 6.03.